The van der Waals surface area contributed by atoms with E-state index in [-0.39, 0.29) is 0 Å². The van der Waals surface area contributed by atoms with Crippen LogP contribution in [0.1, 0.15) is 6.92 Å². The number of methoxy groups -OCH3 is 1. The van der Waals surface area contributed by atoms with Gasteiger partial charge in [0.05, 0.1) is 24.4 Å². The van der Waals surface area contributed by atoms with Crippen molar-refractivity contribution >= 4 is 15.9 Å². The van der Waals surface area contributed by atoms with E-state index in [1.807, 2.05) is 25.1 Å². The molecule has 0 amide bonds. The van der Waals surface area contributed by atoms with Gasteiger partial charge in [0.1, 0.15) is 17.8 Å². The maximum absolute atomic E-state index is 5.51. The lowest BCUT2D eigenvalue weighted by molar-refractivity contribution is 0.338. The number of halogens is 1. The van der Waals surface area contributed by atoms with Gasteiger partial charge in [-0.3, -0.25) is 0 Å². The molecule has 0 radical (unpaired) electrons. The van der Waals surface area contributed by atoms with E-state index in [1.165, 1.54) is 6.33 Å². The van der Waals surface area contributed by atoms with Gasteiger partial charge in [0.25, 0.3) is 0 Å². The molecule has 0 atom stereocenters. The summed E-state index contributed by atoms with van der Waals surface area (Å²) in [7, 11) is 1.55. The molecule has 8 heteroatoms. The number of aromatic nitrogens is 5. The second kappa shape index (κ2) is 6.74. The zero-order valence-electron chi connectivity index (χ0n) is 12.6. The van der Waals surface area contributed by atoms with E-state index < -0.39 is 0 Å². The van der Waals surface area contributed by atoms with Gasteiger partial charge < -0.3 is 9.47 Å². The van der Waals surface area contributed by atoms with Crippen molar-refractivity contribution in [3.05, 3.63) is 41.3 Å². The summed E-state index contributed by atoms with van der Waals surface area (Å²) in [5.41, 5.74) is 1.65. The molecule has 0 saturated carbocycles. The summed E-state index contributed by atoms with van der Waals surface area (Å²) in [6.07, 6.45) is 3.22. The van der Waals surface area contributed by atoms with Crippen molar-refractivity contribution in [2.24, 2.45) is 0 Å². The zero-order chi connectivity index (χ0) is 16.2. The van der Waals surface area contributed by atoms with E-state index in [1.54, 1.807) is 24.1 Å². The minimum absolute atomic E-state index is 0.468. The number of nitrogens with zero attached hydrogens (tertiary/aromatic N) is 5. The molecule has 23 heavy (non-hydrogen) atoms. The molecule has 7 nitrogen and oxygen atoms in total. The molecule has 0 N–H and O–H groups in total. The van der Waals surface area contributed by atoms with Crippen molar-refractivity contribution in [2.45, 2.75) is 6.92 Å². The molecule has 0 saturated heterocycles. The maximum atomic E-state index is 5.51. The first-order valence-electron chi connectivity index (χ1n) is 6.92. The van der Waals surface area contributed by atoms with E-state index in [2.05, 4.69) is 36.2 Å². The van der Waals surface area contributed by atoms with Crippen LogP contribution in [0, 0.1) is 0 Å². The molecule has 0 aliphatic rings. The summed E-state index contributed by atoms with van der Waals surface area (Å²) < 4.78 is 13.0. The molecule has 0 bridgehead atoms. The van der Waals surface area contributed by atoms with Crippen molar-refractivity contribution < 1.29 is 9.47 Å². The summed E-state index contributed by atoms with van der Waals surface area (Å²) in [5, 5.41) is 8.29. The van der Waals surface area contributed by atoms with Crippen LogP contribution in [0.5, 0.6) is 11.6 Å². The summed E-state index contributed by atoms with van der Waals surface area (Å²) in [6, 6.07) is 7.47. The molecular formula is C15H14BrN5O2. The quantitative estimate of drug-likeness (QED) is 0.682. The first-order chi connectivity index (χ1) is 11.2. The van der Waals surface area contributed by atoms with Gasteiger partial charge in [-0.2, -0.15) is 0 Å². The minimum atomic E-state index is 0.468. The van der Waals surface area contributed by atoms with Crippen LogP contribution in [0.15, 0.2) is 41.3 Å². The normalized spacial score (nSPS) is 10.6. The fourth-order valence-electron chi connectivity index (χ4n) is 2.01. The van der Waals surface area contributed by atoms with Crippen LogP contribution in [-0.2, 0) is 0 Å². The lowest BCUT2D eigenvalue weighted by Crippen LogP contribution is -2.00. The fourth-order valence-corrected chi connectivity index (χ4v) is 2.50. The van der Waals surface area contributed by atoms with Gasteiger partial charge in [-0.15, -0.1) is 5.10 Å². The Labute approximate surface area is 141 Å². The Kier molecular flexibility index (Phi) is 4.52. The SMILES string of the molecule is CCOc1ccc(-c2cn(-c3cc(OC)ncn3)nn2)cc1Br. The van der Waals surface area contributed by atoms with E-state index in [0.29, 0.717) is 18.3 Å². The largest absolute Gasteiger partial charge is 0.493 e. The first-order valence-corrected chi connectivity index (χ1v) is 7.72. The van der Waals surface area contributed by atoms with Crippen LogP contribution in [0.2, 0.25) is 0 Å². The average molecular weight is 376 g/mol. The van der Waals surface area contributed by atoms with Gasteiger partial charge in [0, 0.05) is 11.6 Å². The third kappa shape index (κ3) is 3.31. The molecule has 2 heterocycles. The number of rotatable bonds is 5. The molecule has 0 aliphatic carbocycles. The van der Waals surface area contributed by atoms with Gasteiger partial charge in [0.15, 0.2) is 5.82 Å². The van der Waals surface area contributed by atoms with Crippen molar-refractivity contribution in [2.75, 3.05) is 13.7 Å². The predicted molar refractivity (Wildman–Crippen MR) is 87.8 cm³/mol. The number of ether oxygens (including phenoxy) is 2. The maximum Gasteiger partial charge on any atom is 0.218 e. The summed E-state index contributed by atoms with van der Waals surface area (Å²) in [6.45, 7) is 2.56. The van der Waals surface area contributed by atoms with Crippen molar-refractivity contribution in [1.82, 2.24) is 25.0 Å². The standard InChI is InChI=1S/C15H14BrN5O2/c1-3-23-13-5-4-10(6-11(13)16)12-8-21(20-19-12)14-7-15(22-2)18-9-17-14/h4-9H,3H2,1-2H3. The van der Waals surface area contributed by atoms with Gasteiger partial charge in [0.2, 0.25) is 5.88 Å². The Morgan fingerprint density at radius 2 is 2.09 bits per heavy atom. The van der Waals surface area contributed by atoms with Crippen LogP contribution in [0.25, 0.3) is 17.1 Å². The Bertz CT molecular complexity index is 821. The number of benzene rings is 1. The Morgan fingerprint density at radius 1 is 1.22 bits per heavy atom. The van der Waals surface area contributed by atoms with E-state index >= 15 is 0 Å². The molecule has 3 aromatic rings. The second-order valence-electron chi connectivity index (χ2n) is 4.55. The molecule has 0 aliphatic heterocycles. The molecule has 0 spiro atoms. The van der Waals surface area contributed by atoms with E-state index in [0.717, 1.165) is 21.5 Å². The van der Waals surface area contributed by atoms with Crippen molar-refractivity contribution in [3.63, 3.8) is 0 Å². The molecule has 118 valence electrons. The van der Waals surface area contributed by atoms with Crippen LogP contribution < -0.4 is 9.47 Å². The minimum Gasteiger partial charge on any atom is -0.493 e. The smallest absolute Gasteiger partial charge is 0.218 e. The van der Waals surface area contributed by atoms with Crippen LogP contribution in [-0.4, -0.2) is 38.7 Å². The van der Waals surface area contributed by atoms with Crippen molar-refractivity contribution in [1.29, 1.82) is 0 Å². The molecule has 3 rings (SSSR count). The van der Waals surface area contributed by atoms with Gasteiger partial charge >= 0.3 is 0 Å². The molecule has 0 unspecified atom stereocenters. The highest BCUT2D eigenvalue weighted by Gasteiger charge is 2.10. The van der Waals surface area contributed by atoms with E-state index in [4.69, 9.17) is 9.47 Å². The summed E-state index contributed by atoms with van der Waals surface area (Å²) in [5.74, 6) is 1.85. The predicted octanol–water partition coefficient (Wildman–Crippen LogP) is 2.89. The average Bonchev–Trinajstić information content (AvgIpc) is 3.07. The lowest BCUT2D eigenvalue weighted by atomic mass is 10.1. The Balaban J connectivity index is 1.91. The number of hydrogen-bond donors (Lipinski definition) is 0. The Morgan fingerprint density at radius 3 is 2.83 bits per heavy atom. The third-order valence-corrected chi connectivity index (χ3v) is 3.71. The van der Waals surface area contributed by atoms with Crippen LogP contribution in [0.3, 0.4) is 0 Å². The molecular weight excluding hydrogens is 362 g/mol. The third-order valence-electron chi connectivity index (χ3n) is 3.09. The summed E-state index contributed by atoms with van der Waals surface area (Å²) >= 11 is 3.50. The monoisotopic (exact) mass is 375 g/mol. The first kappa shape index (κ1) is 15.4. The fraction of sp³-hybridized carbons (Fsp3) is 0.200. The Hall–Kier alpha value is -2.48. The van der Waals surface area contributed by atoms with E-state index in [9.17, 15) is 0 Å². The highest BCUT2D eigenvalue weighted by Crippen LogP contribution is 2.30. The molecule has 2 aromatic heterocycles. The van der Waals surface area contributed by atoms with Gasteiger partial charge in [-0.05, 0) is 41.1 Å². The molecule has 1 aromatic carbocycles. The highest BCUT2D eigenvalue weighted by molar-refractivity contribution is 9.10. The van der Waals surface area contributed by atoms with Gasteiger partial charge in [-0.25, -0.2) is 14.6 Å². The van der Waals surface area contributed by atoms with Gasteiger partial charge in [-0.1, -0.05) is 5.21 Å². The van der Waals surface area contributed by atoms with Crippen molar-refractivity contribution in [3.8, 4) is 28.7 Å². The van der Waals surface area contributed by atoms with Crippen LogP contribution in [0.4, 0.5) is 0 Å². The van der Waals surface area contributed by atoms with Crippen LogP contribution >= 0.6 is 15.9 Å². The lowest BCUT2D eigenvalue weighted by Gasteiger charge is -2.06. The number of hydrogen-bond acceptors (Lipinski definition) is 6. The zero-order valence-corrected chi connectivity index (χ0v) is 14.2. The molecule has 0 fully saturated rings. The summed E-state index contributed by atoms with van der Waals surface area (Å²) in [4.78, 5) is 8.13. The highest BCUT2D eigenvalue weighted by atomic mass is 79.9. The second-order valence-corrected chi connectivity index (χ2v) is 5.40. The topological polar surface area (TPSA) is 75.0 Å².